The highest BCUT2D eigenvalue weighted by molar-refractivity contribution is 5.83. The van der Waals surface area contributed by atoms with Crippen LogP contribution in [0.5, 0.6) is 0 Å². The molecule has 3 aromatic rings. The molecule has 0 saturated heterocycles. The van der Waals surface area contributed by atoms with Gasteiger partial charge in [-0.2, -0.15) is 0 Å². The second-order valence-corrected chi connectivity index (χ2v) is 9.29. The van der Waals surface area contributed by atoms with Gasteiger partial charge in [0, 0.05) is 17.7 Å². The summed E-state index contributed by atoms with van der Waals surface area (Å²) < 4.78 is 11.5. The van der Waals surface area contributed by atoms with Crippen molar-refractivity contribution in [2.75, 3.05) is 13.2 Å². The second-order valence-electron chi connectivity index (χ2n) is 9.29. The molecule has 0 bridgehead atoms. The zero-order valence-electron chi connectivity index (χ0n) is 21.3. The minimum absolute atomic E-state index is 0.0308. The van der Waals surface area contributed by atoms with Crippen LogP contribution in [-0.2, 0) is 25.6 Å². The standard InChI is InChI=1S/C28H29N3O8/c1-17-14-31(27(36)30-25(17)33)15-24(32)29-23(26(34)35)12-6-7-13-38-28(37)39-16-22-20-10-4-2-8-18(20)19-9-3-5-11-21(19)22/h2-5,8-11,14,22-23H,6-7,12-13,15-16H2,1H3,(H,29,32)(H,34,35)(H,30,33,36)/t23-/m0/s1. The Hall–Kier alpha value is -4.67. The van der Waals surface area contributed by atoms with Crippen LogP contribution in [0.2, 0.25) is 0 Å². The first-order chi connectivity index (χ1) is 18.7. The van der Waals surface area contributed by atoms with Crippen molar-refractivity contribution in [1.29, 1.82) is 0 Å². The van der Waals surface area contributed by atoms with Crippen molar-refractivity contribution < 1.29 is 29.0 Å². The maximum absolute atomic E-state index is 12.3. The Labute approximate surface area is 223 Å². The summed E-state index contributed by atoms with van der Waals surface area (Å²) in [5.74, 6) is -2.00. The Balaban J connectivity index is 1.19. The zero-order chi connectivity index (χ0) is 27.9. The number of carboxylic acids is 1. The molecule has 0 fully saturated rings. The molecule has 0 aliphatic heterocycles. The average Bonchev–Trinajstić information content (AvgIpc) is 3.23. The first-order valence-electron chi connectivity index (χ1n) is 12.5. The largest absolute Gasteiger partial charge is 0.508 e. The van der Waals surface area contributed by atoms with E-state index in [1.54, 1.807) is 0 Å². The van der Waals surface area contributed by atoms with Crippen LogP contribution < -0.4 is 16.6 Å². The number of unbranched alkanes of at least 4 members (excludes halogenated alkanes) is 1. The van der Waals surface area contributed by atoms with Gasteiger partial charge in [0.25, 0.3) is 5.56 Å². The monoisotopic (exact) mass is 535 g/mol. The van der Waals surface area contributed by atoms with Gasteiger partial charge in [-0.1, -0.05) is 48.5 Å². The lowest BCUT2D eigenvalue weighted by Crippen LogP contribution is -2.44. The first-order valence-corrected chi connectivity index (χ1v) is 12.5. The van der Waals surface area contributed by atoms with Gasteiger partial charge in [0.05, 0.1) is 6.61 Å². The fourth-order valence-corrected chi connectivity index (χ4v) is 4.63. The predicted molar refractivity (Wildman–Crippen MR) is 140 cm³/mol. The Morgan fingerprint density at radius 2 is 1.64 bits per heavy atom. The zero-order valence-corrected chi connectivity index (χ0v) is 21.3. The molecule has 1 amide bonds. The molecule has 1 aromatic heterocycles. The number of nitrogens with zero attached hydrogens (tertiary/aromatic N) is 1. The quantitative estimate of drug-likeness (QED) is 0.250. The smallest absolute Gasteiger partial charge is 0.480 e. The van der Waals surface area contributed by atoms with Crippen molar-refractivity contribution in [2.45, 2.75) is 44.7 Å². The number of ether oxygens (including phenoxy) is 2. The summed E-state index contributed by atoms with van der Waals surface area (Å²) in [6.45, 7) is 1.21. The highest BCUT2D eigenvalue weighted by Gasteiger charge is 2.29. The lowest BCUT2D eigenvalue weighted by molar-refractivity contribution is -0.142. The van der Waals surface area contributed by atoms with E-state index in [0.717, 1.165) is 26.8 Å². The van der Waals surface area contributed by atoms with Crippen molar-refractivity contribution >= 4 is 18.0 Å². The van der Waals surface area contributed by atoms with Crippen molar-refractivity contribution in [3.8, 4) is 11.1 Å². The van der Waals surface area contributed by atoms with Crippen LogP contribution in [0, 0.1) is 6.92 Å². The third-order valence-electron chi connectivity index (χ3n) is 6.57. The molecular formula is C28H29N3O8. The Bertz CT molecular complexity index is 1450. The maximum atomic E-state index is 12.3. The molecule has 39 heavy (non-hydrogen) atoms. The van der Waals surface area contributed by atoms with Crippen LogP contribution in [0.25, 0.3) is 11.1 Å². The van der Waals surface area contributed by atoms with Crippen LogP contribution in [0.1, 0.15) is 41.9 Å². The van der Waals surface area contributed by atoms with E-state index in [1.807, 2.05) is 48.5 Å². The van der Waals surface area contributed by atoms with Gasteiger partial charge in [-0.05, 0) is 48.4 Å². The van der Waals surface area contributed by atoms with Crippen molar-refractivity contribution in [3.63, 3.8) is 0 Å². The topological polar surface area (TPSA) is 157 Å². The van der Waals surface area contributed by atoms with Crippen molar-refractivity contribution in [2.24, 2.45) is 0 Å². The number of rotatable bonds is 11. The van der Waals surface area contributed by atoms with Crippen LogP contribution in [0.3, 0.4) is 0 Å². The van der Waals surface area contributed by atoms with Crippen LogP contribution in [-0.4, -0.2) is 51.9 Å². The summed E-state index contributed by atoms with van der Waals surface area (Å²) in [6, 6.07) is 14.8. The van der Waals surface area contributed by atoms with E-state index in [0.29, 0.717) is 12.8 Å². The number of aryl methyl sites for hydroxylation is 1. The number of H-pyrrole nitrogens is 1. The predicted octanol–water partition coefficient (Wildman–Crippen LogP) is 2.55. The van der Waals surface area contributed by atoms with E-state index >= 15 is 0 Å². The van der Waals surface area contributed by atoms with Gasteiger partial charge in [0.1, 0.15) is 19.2 Å². The Morgan fingerprint density at radius 1 is 1.00 bits per heavy atom. The van der Waals surface area contributed by atoms with Crippen LogP contribution >= 0.6 is 0 Å². The highest BCUT2D eigenvalue weighted by Crippen LogP contribution is 2.44. The average molecular weight is 536 g/mol. The molecule has 1 heterocycles. The maximum Gasteiger partial charge on any atom is 0.508 e. The fraction of sp³-hybridized carbons (Fsp3) is 0.321. The number of aromatic nitrogens is 2. The van der Waals surface area contributed by atoms with Gasteiger partial charge < -0.3 is 19.9 Å². The van der Waals surface area contributed by atoms with Gasteiger partial charge in [0.15, 0.2) is 0 Å². The first kappa shape index (κ1) is 27.4. The number of amides is 1. The number of nitrogens with one attached hydrogen (secondary N) is 2. The molecule has 1 aliphatic rings. The lowest BCUT2D eigenvalue weighted by Gasteiger charge is -2.15. The summed E-state index contributed by atoms with van der Waals surface area (Å²) in [5.41, 5.74) is 3.35. The number of carboxylic acid groups (broad SMARTS) is 1. The van der Waals surface area contributed by atoms with Crippen molar-refractivity contribution in [1.82, 2.24) is 14.9 Å². The van der Waals surface area contributed by atoms with E-state index in [9.17, 15) is 29.1 Å². The van der Waals surface area contributed by atoms with Gasteiger partial charge in [-0.3, -0.25) is 19.1 Å². The SMILES string of the molecule is Cc1cn(CC(=O)N[C@@H](CCCCOC(=O)OCC2c3ccccc3-c3ccccc32)C(=O)O)c(=O)[nH]c1=O. The number of carbonyl (C=O) groups excluding carboxylic acids is 2. The van der Waals surface area contributed by atoms with E-state index in [-0.39, 0.29) is 31.1 Å². The van der Waals surface area contributed by atoms with E-state index in [4.69, 9.17) is 9.47 Å². The van der Waals surface area contributed by atoms with E-state index < -0.39 is 41.9 Å². The Morgan fingerprint density at radius 3 is 2.28 bits per heavy atom. The van der Waals surface area contributed by atoms with E-state index in [2.05, 4.69) is 10.3 Å². The van der Waals surface area contributed by atoms with Gasteiger partial charge in [-0.25, -0.2) is 14.4 Å². The Kier molecular flexibility index (Phi) is 8.60. The van der Waals surface area contributed by atoms with Gasteiger partial charge in [-0.15, -0.1) is 0 Å². The number of aromatic amines is 1. The number of fused-ring (bicyclic) bond motifs is 3. The number of hydrogen-bond acceptors (Lipinski definition) is 7. The minimum Gasteiger partial charge on any atom is -0.480 e. The molecule has 0 unspecified atom stereocenters. The molecule has 204 valence electrons. The molecule has 1 aliphatic carbocycles. The van der Waals surface area contributed by atoms with Crippen LogP contribution in [0.15, 0.2) is 64.3 Å². The van der Waals surface area contributed by atoms with Crippen LogP contribution in [0.4, 0.5) is 4.79 Å². The number of hydrogen-bond donors (Lipinski definition) is 3. The summed E-state index contributed by atoms with van der Waals surface area (Å²) in [5, 5.41) is 11.8. The van der Waals surface area contributed by atoms with Gasteiger partial charge in [0.2, 0.25) is 5.91 Å². The second kappa shape index (κ2) is 12.2. The minimum atomic E-state index is -1.23. The molecule has 4 rings (SSSR count). The number of aliphatic carboxylic acids is 1. The molecule has 2 aromatic carbocycles. The highest BCUT2D eigenvalue weighted by atomic mass is 16.7. The summed E-state index contributed by atoms with van der Waals surface area (Å²) in [6.07, 6.45) is 1.24. The van der Waals surface area contributed by atoms with Crippen molar-refractivity contribution in [3.05, 3.63) is 92.3 Å². The molecule has 1 atom stereocenters. The lowest BCUT2D eigenvalue weighted by atomic mass is 9.98. The van der Waals surface area contributed by atoms with Gasteiger partial charge >= 0.3 is 17.8 Å². The summed E-state index contributed by atoms with van der Waals surface area (Å²) in [4.78, 5) is 61.4. The molecule has 0 spiro atoms. The summed E-state index contributed by atoms with van der Waals surface area (Å²) >= 11 is 0. The molecular weight excluding hydrogens is 506 g/mol. The molecule has 11 nitrogen and oxygen atoms in total. The molecule has 3 N–H and O–H groups in total. The molecule has 11 heteroatoms. The third kappa shape index (κ3) is 6.61. The normalized spacial score (nSPS) is 12.7. The fourth-order valence-electron chi connectivity index (χ4n) is 4.63. The third-order valence-corrected chi connectivity index (χ3v) is 6.57. The number of benzene rings is 2. The number of carbonyl (C=O) groups is 3. The molecule has 0 saturated carbocycles. The van der Waals surface area contributed by atoms with E-state index in [1.165, 1.54) is 13.1 Å². The summed E-state index contributed by atoms with van der Waals surface area (Å²) in [7, 11) is 0. The molecule has 0 radical (unpaired) electrons.